The van der Waals surface area contributed by atoms with Gasteiger partial charge in [0.25, 0.3) is 0 Å². The minimum Gasteiger partial charge on any atom is -0.410 e. The lowest BCUT2D eigenvalue weighted by Crippen LogP contribution is -2.16. The van der Waals surface area contributed by atoms with Crippen molar-refractivity contribution in [3.05, 3.63) is 108 Å². The molecule has 0 saturated carbocycles. The van der Waals surface area contributed by atoms with Gasteiger partial charge in [-0.1, -0.05) is 60.7 Å². The summed E-state index contributed by atoms with van der Waals surface area (Å²) in [6, 6.07) is 32.6. The number of hydrogen-bond donors (Lipinski definition) is 1. The summed E-state index contributed by atoms with van der Waals surface area (Å²) in [6.45, 7) is 1.99. The molecule has 31 heavy (non-hydrogen) atoms. The maximum absolute atomic E-state index is 12.4. The number of nitrogens with zero attached hydrogens (tertiary/aromatic N) is 1. The molecule has 0 fully saturated rings. The zero-order valence-electron chi connectivity index (χ0n) is 17.0. The van der Waals surface area contributed by atoms with Crippen LogP contribution < -0.4 is 10.1 Å². The lowest BCUT2D eigenvalue weighted by atomic mass is 9.99. The molecule has 0 aliphatic carbocycles. The average Bonchev–Trinajstić information content (AvgIpc) is 2.81. The Kier molecular flexibility index (Phi) is 5.77. The predicted octanol–water partition coefficient (Wildman–Crippen LogP) is 6.81. The van der Waals surface area contributed by atoms with Crippen LogP contribution in [0.3, 0.4) is 0 Å². The van der Waals surface area contributed by atoms with Crippen LogP contribution in [0.25, 0.3) is 22.3 Å². The summed E-state index contributed by atoms with van der Waals surface area (Å²) in [5.74, 6) is 0.448. The van der Waals surface area contributed by atoms with Crippen LogP contribution in [0.15, 0.2) is 97.1 Å². The Balaban J connectivity index is 1.45. The fourth-order valence-electron chi connectivity index (χ4n) is 3.33. The molecule has 1 N–H and O–H groups in total. The van der Waals surface area contributed by atoms with Crippen molar-refractivity contribution in [1.82, 2.24) is 0 Å². The Morgan fingerprint density at radius 2 is 1.45 bits per heavy atom. The van der Waals surface area contributed by atoms with E-state index in [9.17, 15) is 4.79 Å². The van der Waals surface area contributed by atoms with Gasteiger partial charge in [-0.05, 0) is 71.1 Å². The van der Waals surface area contributed by atoms with Crippen LogP contribution in [0.4, 0.5) is 10.5 Å². The van der Waals surface area contributed by atoms with Gasteiger partial charge in [-0.25, -0.2) is 4.79 Å². The molecule has 1 amide bonds. The molecule has 4 heteroatoms. The molecule has 0 atom stereocenters. The highest BCUT2D eigenvalue weighted by molar-refractivity contribution is 5.87. The van der Waals surface area contributed by atoms with Gasteiger partial charge >= 0.3 is 6.09 Å². The van der Waals surface area contributed by atoms with E-state index in [2.05, 4.69) is 11.4 Å². The summed E-state index contributed by atoms with van der Waals surface area (Å²) in [6.07, 6.45) is -0.554. The number of carbonyl (C=O) groups is 1. The second kappa shape index (κ2) is 8.98. The highest BCUT2D eigenvalue weighted by atomic mass is 16.6. The molecule has 4 nitrogen and oxygen atoms in total. The Morgan fingerprint density at radius 1 is 0.806 bits per heavy atom. The van der Waals surface area contributed by atoms with E-state index in [1.165, 1.54) is 0 Å². The van der Waals surface area contributed by atoms with Gasteiger partial charge in [-0.3, -0.25) is 5.32 Å². The maximum Gasteiger partial charge on any atom is 0.417 e. The summed E-state index contributed by atoms with van der Waals surface area (Å²) < 4.78 is 5.49. The van der Waals surface area contributed by atoms with Gasteiger partial charge in [0.1, 0.15) is 5.75 Å². The third-order valence-electron chi connectivity index (χ3n) is 4.98. The third kappa shape index (κ3) is 4.80. The van der Waals surface area contributed by atoms with Crippen molar-refractivity contribution in [3.63, 3.8) is 0 Å². The minimum atomic E-state index is -0.554. The molecule has 0 aliphatic rings. The van der Waals surface area contributed by atoms with Gasteiger partial charge in [0, 0.05) is 5.69 Å². The van der Waals surface area contributed by atoms with E-state index < -0.39 is 6.09 Å². The number of aryl methyl sites for hydroxylation is 1. The van der Waals surface area contributed by atoms with E-state index in [0.29, 0.717) is 17.0 Å². The Morgan fingerprint density at radius 3 is 2.13 bits per heavy atom. The molecule has 150 valence electrons. The molecule has 0 bridgehead atoms. The van der Waals surface area contributed by atoms with Gasteiger partial charge in [0.2, 0.25) is 0 Å². The maximum atomic E-state index is 12.4. The highest BCUT2D eigenvalue weighted by Gasteiger charge is 2.09. The first kappa shape index (κ1) is 19.9. The summed E-state index contributed by atoms with van der Waals surface area (Å²) in [5.41, 5.74) is 6.40. The zero-order valence-corrected chi connectivity index (χ0v) is 17.0. The normalized spacial score (nSPS) is 10.2. The average molecular weight is 404 g/mol. The van der Waals surface area contributed by atoms with Gasteiger partial charge < -0.3 is 4.74 Å². The Hall–Kier alpha value is -4.36. The molecule has 4 aromatic rings. The smallest absolute Gasteiger partial charge is 0.410 e. The van der Waals surface area contributed by atoms with Crippen LogP contribution in [-0.2, 0) is 0 Å². The number of amides is 1. The first-order valence-electron chi connectivity index (χ1n) is 9.88. The number of hydrogen-bond acceptors (Lipinski definition) is 3. The monoisotopic (exact) mass is 404 g/mol. The SMILES string of the molecule is Cc1ccc(OC(=O)Nc2ccc(-c3ccccc3)cc2)cc1-c1ccc(C#N)cc1. The lowest BCUT2D eigenvalue weighted by molar-refractivity contribution is 0.215. The second-order valence-corrected chi connectivity index (χ2v) is 7.12. The van der Waals surface area contributed by atoms with Crippen LogP contribution >= 0.6 is 0 Å². The number of anilines is 1. The van der Waals surface area contributed by atoms with Crippen LogP contribution in [-0.4, -0.2) is 6.09 Å². The van der Waals surface area contributed by atoms with Gasteiger partial charge in [-0.15, -0.1) is 0 Å². The summed E-state index contributed by atoms with van der Waals surface area (Å²) in [7, 11) is 0. The van der Waals surface area contributed by atoms with Crippen LogP contribution in [0, 0.1) is 18.3 Å². The zero-order chi connectivity index (χ0) is 21.6. The molecule has 4 rings (SSSR count). The summed E-state index contributed by atoms with van der Waals surface area (Å²) >= 11 is 0. The fourth-order valence-corrected chi connectivity index (χ4v) is 3.33. The quantitative estimate of drug-likeness (QED) is 0.406. The van der Waals surface area contributed by atoms with Crippen LogP contribution in [0.2, 0.25) is 0 Å². The van der Waals surface area contributed by atoms with E-state index in [4.69, 9.17) is 10.00 Å². The molecular weight excluding hydrogens is 384 g/mol. The molecule has 0 aliphatic heterocycles. The van der Waals surface area contributed by atoms with E-state index in [-0.39, 0.29) is 0 Å². The number of rotatable bonds is 4. The largest absolute Gasteiger partial charge is 0.417 e. The summed E-state index contributed by atoms with van der Waals surface area (Å²) in [5, 5.41) is 11.7. The number of carbonyl (C=O) groups excluding carboxylic acids is 1. The van der Waals surface area contributed by atoms with Gasteiger partial charge in [0.05, 0.1) is 11.6 Å². The number of nitriles is 1. The van der Waals surface area contributed by atoms with Crippen LogP contribution in [0.5, 0.6) is 5.75 Å². The molecule has 0 aromatic heterocycles. The number of ether oxygens (including phenoxy) is 1. The summed E-state index contributed by atoms with van der Waals surface area (Å²) in [4.78, 5) is 12.4. The third-order valence-corrected chi connectivity index (χ3v) is 4.98. The highest BCUT2D eigenvalue weighted by Crippen LogP contribution is 2.28. The molecule has 4 aromatic carbocycles. The molecule has 0 spiro atoms. The van der Waals surface area contributed by atoms with Crippen molar-refractivity contribution in [2.45, 2.75) is 6.92 Å². The fraction of sp³-hybridized carbons (Fsp3) is 0.0370. The van der Waals surface area contributed by atoms with Crippen molar-refractivity contribution < 1.29 is 9.53 Å². The minimum absolute atomic E-state index is 0.448. The molecule has 0 saturated heterocycles. The Bertz CT molecular complexity index is 1240. The standard InChI is InChI=1S/C27H20N2O2/c1-19-7-16-25(17-26(19)23-10-8-20(18-28)9-11-23)31-27(30)29-24-14-12-22(13-15-24)21-5-3-2-4-6-21/h2-17H,1H3,(H,29,30). The topological polar surface area (TPSA) is 62.1 Å². The molecule has 0 heterocycles. The van der Waals surface area contributed by atoms with E-state index >= 15 is 0 Å². The Labute approximate surface area is 181 Å². The molecular formula is C27H20N2O2. The molecule has 0 radical (unpaired) electrons. The van der Waals surface area contributed by atoms with Crippen molar-refractivity contribution in [2.75, 3.05) is 5.32 Å². The lowest BCUT2D eigenvalue weighted by Gasteiger charge is -2.11. The van der Waals surface area contributed by atoms with Gasteiger partial charge in [0.15, 0.2) is 0 Å². The van der Waals surface area contributed by atoms with Crippen molar-refractivity contribution >= 4 is 11.8 Å². The molecule has 0 unspecified atom stereocenters. The van der Waals surface area contributed by atoms with Crippen LogP contribution in [0.1, 0.15) is 11.1 Å². The predicted molar refractivity (Wildman–Crippen MR) is 123 cm³/mol. The first-order chi connectivity index (χ1) is 15.1. The van der Waals surface area contributed by atoms with E-state index in [1.807, 2.05) is 85.8 Å². The number of nitrogens with one attached hydrogen (secondary N) is 1. The van der Waals surface area contributed by atoms with E-state index in [0.717, 1.165) is 27.8 Å². The number of benzene rings is 4. The van der Waals surface area contributed by atoms with E-state index in [1.54, 1.807) is 18.2 Å². The first-order valence-corrected chi connectivity index (χ1v) is 9.88. The second-order valence-electron chi connectivity index (χ2n) is 7.12. The van der Waals surface area contributed by atoms with Crippen molar-refractivity contribution in [1.29, 1.82) is 5.26 Å². The van der Waals surface area contributed by atoms with Crippen molar-refractivity contribution in [2.24, 2.45) is 0 Å². The van der Waals surface area contributed by atoms with Crippen molar-refractivity contribution in [3.8, 4) is 34.1 Å². The van der Waals surface area contributed by atoms with Gasteiger partial charge in [-0.2, -0.15) is 5.26 Å².